The van der Waals surface area contributed by atoms with Gasteiger partial charge in [0, 0.05) is 0 Å². The number of nitrogens with two attached hydrogens (primary N) is 1. The fraction of sp³-hybridized carbons (Fsp3) is 0.333. The van der Waals surface area contributed by atoms with E-state index in [1.54, 1.807) is 6.92 Å². The fourth-order valence-corrected chi connectivity index (χ4v) is 3.30. The number of thioether (sulfide) groups is 1. The third kappa shape index (κ3) is 5.29. The summed E-state index contributed by atoms with van der Waals surface area (Å²) in [5.74, 6) is -0.527. The first-order valence-corrected chi connectivity index (χ1v) is 9.04. The number of nitrogens with zero attached hydrogens (tertiary/aromatic N) is 2. The first-order valence-electron chi connectivity index (χ1n) is 7.24. The quantitative estimate of drug-likeness (QED) is 0.439. The number of hydrogen-bond acceptors (Lipinski definition) is 8. The van der Waals surface area contributed by atoms with E-state index in [-0.39, 0.29) is 17.6 Å². The van der Waals surface area contributed by atoms with Crippen molar-refractivity contribution < 1.29 is 14.3 Å². The Balaban J connectivity index is 1.90. The number of carbonyl (C=O) groups is 2. The van der Waals surface area contributed by atoms with Crippen LogP contribution in [0.15, 0.2) is 28.6 Å². The summed E-state index contributed by atoms with van der Waals surface area (Å²) in [6.45, 7) is 4.05. The van der Waals surface area contributed by atoms with Gasteiger partial charge in [-0.25, -0.2) is 0 Å². The average molecular weight is 366 g/mol. The third-order valence-corrected chi connectivity index (χ3v) is 4.92. The van der Waals surface area contributed by atoms with Crippen molar-refractivity contribution in [2.75, 3.05) is 17.7 Å². The standard InChI is InChI=1S/C15H18N4O3S2/c1-3-22-11(20)8-23-15-19-18-14(24-15)17-13(21)12(16)10-6-4-9(2)5-7-10/h4-7,12H,3,8,16H2,1-2H3,(H,17,18,21). The van der Waals surface area contributed by atoms with Crippen molar-refractivity contribution in [2.24, 2.45) is 5.73 Å². The first-order chi connectivity index (χ1) is 11.5. The number of amides is 1. The highest BCUT2D eigenvalue weighted by Crippen LogP contribution is 2.26. The lowest BCUT2D eigenvalue weighted by Gasteiger charge is -2.10. The number of anilines is 1. The zero-order valence-electron chi connectivity index (χ0n) is 13.3. The number of hydrogen-bond donors (Lipinski definition) is 2. The highest BCUT2D eigenvalue weighted by atomic mass is 32.2. The van der Waals surface area contributed by atoms with Crippen molar-refractivity contribution in [1.29, 1.82) is 0 Å². The van der Waals surface area contributed by atoms with Crippen molar-refractivity contribution in [3.05, 3.63) is 35.4 Å². The zero-order chi connectivity index (χ0) is 17.5. The molecule has 0 aliphatic rings. The van der Waals surface area contributed by atoms with Crippen molar-refractivity contribution in [1.82, 2.24) is 10.2 Å². The van der Waals surface area contributed by atoms with Gasteiger partial charge in [0.2, 0.25) is 11.0 Å². The van der Waals surface area contributed by atoms with Gasteiger partial charge in [0.05, 0.1) is 12.4 Å². The Labute approximate surface area is 148 Å². The van der Waals surface area contributed by atoms with Crippen LogP contribution in [0.5, 0.6) is 0 Å². The maximum Gasteiger partial charge on any atom is 0.316 e. The van der Waals surface area contributed by atoms with Crippen molar-refractivity contribution >= 4 is 40.1 Å². The van der Waals surface area contributed by atoms with Crippen LogP contribution in [-0.2, 0) is 14.3 Å². The van der Waals surface area contributed by atoms with Gasteiger partial charge in [-0.3, -0.25) is 14.9 Å². The average Bonchev–Trinajstić information content (AvgIpc) is 3.00. The molecule has 0 bridgehead atoms. The Morgan fingerprint density at radius 3 is 2.71 bits per heavy atom. The highest BCUT2D eigenvalue weighted by molar-refractivity contribution is 8.01. The van der Waals surface area contributed by atoms with E-state index < -0.39 is 6.04 Å². The summed E-state index contributed by atoms with van der Waals surface area (Å²) in [4.78, 5) is 23.5. The smallest absolute Gasteiger partial charge is 0.316 e. The van der Waals surface area contributed by atoms with Gasteiger partial charge in [-0.1, -0.05) is 52.9 Å². The van der Waals surface area contributed by atoms with E-state index in [4.69, 9.17) is 10.5 Å². The molecule has 1 heterocycles. The number of aryl methyl sites for hydroxylation is 1. The van der Waals surface area contributed by atoms with Crippen LogP contribution in [0.2, 0.25) is 0 Å². The molecule has 9 heteroatoms. The number of ether oxygens (including phenoxy) is 1. The molecule has 0 spiro atoms. The summed E-state index contributed by atoms with van der Waals surface area (Å²) in [6, 6.07) is 6.65. The maximum atomic E-state index is 12.2. The summed E-state index contributed by atoms with van der Waals surface area (Å²) >= 11 is 2.39. The molecule has 2 rings (SSSR count). The minimum atomic E-state index is -0.787. The van der Waals surface area contributed by atoms with Gasteiger partial charge in [0.15, 0.2) is 4.34 Å². The minimum absolute atomic E-state index is 0.152. The van der Waals surface area contributed by atoms with E-state index in [1.807, 2.05) is 31.2 Å². The monoisotopic (exact) mass is 366 g/mol. The van der Waals surface area contributed by atoms with Gasteiger partial charge in [-0.2, -0.15) is 0 Å². The second-order valence-corrected chi connectivity index (χ2v) is 7.04. The molecule has 0 saturated carbocycles. The molecule has 7 nitrogen and oxygen atoms in total. The van der Waals surface area contributed by atoms with E-state index in [2.05, 4.69) is 15.5 Å². The number of carbonyl (C=O) groups excluding carboxylic acids is 2. The van der Waals surface area contributed by atoms with Crippen LogP contribution in [-0.4, -0.2) is 34.4 Å². The van der Waals surface area contributed by atoms with Crippen LogP contribution in [0.3, 0.4) is 0 Å². The van der Waals surface area contributed by atoms with Crippen LogP contribution in [0.1, 0.15) is 24.1 Å². The number of esters is 1. The van der Waals surface area contributed by atoms with Gasteiger partial charge in [0.25, 0.3) is 0 Å². The SMILES string of the molecule is CCOC(=O)CSc1nnc(NC(=O)C(N)c2ccc(C)cc2)s1. The summed E-state index contributed by atoms with van der Waals surface area (Å²) in [7, 11) is 0. The molecular formula is C15H18N4O3S2. The molecule has 1 atom stereocenters. The molecule has 1 aromatic heterocycles. The summed E-state index contributed by atoms with van der Waals surface area (Å²) < 4.78 is 5.41. The van der Waals surface area contributed by atoms with Gasteiger partial charge < -0.3 is 10.5 Å². The van der Waals surface area contributed by atoms with Gasteiger partial charge in [0.1, 0.15) is 6.04 Å². The van der Waals surface area contributed by atoms with E-state index in [0.29, 0.717) is 16.1 Å². The zero-order valence-corrected chi connectivity index (χ0v) is 14.9. The summed E-state index contributed by atoms with van der Waals surface area (Å²) in [5.41, 5.74) is 7.77. The van der Waals surface area contributed by atoms with E-state index in [9.17, 15) is 9.59 Å². The van der Waals surface area contributed by atoms with E-state index >= 15 is 0 Å². The second kappa shape index (κ2) is 8.76. The number of rotatable bonds is 7. The van der Waals surface area contributed by atoms with Crippen LogP contribution >= 0.6 is 23.1 Å². The Morgan fingerprint density at radius 1 is 1.33 bits per heavy atom. The fourth-order valence-electron chi connectivity index (χ4n) is 1.75. The molecule has 1 aromatic carbocycles. The van der Waals surface area contributed by atoms with Crippen molar-refractivity contribution in [3.63, 3.8) is 0 Å². The Morgan fingerprint density at radius 2 is 2.04 bits per heavy atom. The molecule has 0 radical (unpaired) electrons. The molecule has 0 aliphatic carbocycles. The van der Waals surface area contributed by atoms with Crippen molar-refractivity contribution in [3.8, 4) is 0 Å². The summed E-state index contributed by atoms with van der Waals surface area (Å²) in [6.07, 6.45) is 0. The molecule has 2 aromatic rings. The third-order valence-electron chi connectivity index (χ3n) is 2.97. The molecule has 3 N–H and O–H groups in total. The Kier molecular flexibility index (Phi) is 6.71. The number of aromatic nitrogens is 2. The largest absolute Gasteiger partial charge is 0.465 e. The molecule has 24 heavy (non-hydrogen) atoms. The molecule has 1 unspecified atom stereocenters. The molecule has 128 valence electrons. The van der Waals surface area contributed by atoms with E-state index in [0.717, 1.165) is 11.1 Å². The molecule has 0 fully saturated rings. The minimum Gasteiger partial charge on any atom is -0.465 e. The highest BCUT2D eigenvalue weighted by Gasteiger charge is 2.18. The second-order valence-electron chi connectivity index (χ2n) is 4.84. The first kappa shape index (κ1) is 18.4. The lowest BCUT2D eigenvalue weighted by molar-refractivity contribution is -0.139. The molecule has 1 amide bonds. The van der Waals surface area contributed by atoms with Crippen LogP contribution in [0.25, 0.3) is 0 Å². The predicted molar refractivity (Wildman–Crippen MR) is 94.0 cm³/mol. The molecule has 0 saturated heterocycles. The number of nitrogens with one attached hydrogen (secondary N) is 1. The maximum absolute atomic E-state index is 12.2. The van der Waals surface area contributed by atoms with Crippen LogP contribution in [0, 0.1) is 6.92 Å². The number of benzene rings is 1. The molecular weight excluding hydrogens is 348 g/mol. The van der Waals surface area contributed by atoms with Crippen molar-refractivity contribution in [2.45, 2.75) is 24.2 Å². The Hall–Kier alpha value is -1.97. The topological polar surface area (TPSA) is 107 Å². The predicted octanol–water partition coefficient (Wildman–Crippen LogP) is 2.14. The summed E-state index contributed by atoms with van der Waals surface area (Å²) in [5, 5.41) is 10.8. The van der Waals surface area contributed by atoms with Crippen LogP contribution in [0.4, 0.5) is 5.13 Å². The van der Waals surface area contributed by atoms with Gasteiger partial charge in [-0.05, 0) is 19.4 Å². The van der Waals surface area contributed by atoms with E-state index in [1.165, 1.54) is 23.1 Å². The normalized spacial score (nSPS) is 11.8. The van der Waals surface area contributed by atoms with Crippen LogP contribution < -0.4 is 11.1 Å². The molecule has 0 aliphatic heterocycles. The Bertz CT molecular complexity index is 703. The lowest BCUT2D eigenvalue weighted by Crippen LogP contribution is -2.27. The van der Waals surface area contributed by atoms with Gasteiger partial charge >= 0.3 is 5.97 Å². The lowest BCUT2D eigenvalue weighted by atomic mass is 10.1. The van der Waals surface area contributed by atoms with Gasteiger partial charge in [-0.15, -0.1) is 10.2 Å².